The van der Waals surface area contributed by atoms with E-state index in [1.165, 1.54) is 6.07 Å². The molecule has 2 N–H and O–H groups in total. The molecule has 24 heavy (non-hydrogen) atoms. The van der Waals surface area contributed by atoms with E-state index in [-0.39, 0.29) is 5.69 Å². The van der Waals surface area contributed by atoms with Gasteiger partial charge in [0.2, 0.25) is 0 Å². The van der Waals surface area contributed by atoms with Gasteiger partial charge in [0.05, 0.1) is 4.92 Å². The van der Waals surface area contributed by atoms with Crippen molar-refractivity contribution < 1.29 is 14.5 Å². The molecule has 0 saturated heterocycles. The fourth-order valence-corrected chi connectivity index (χ4v) is 2.09. The van der Waals surface area contributed by atoms with Crippen LogP contribution in [0.2, 0.25) is 0 Å². The van der Waals surface area contributed by atoms with E-state index in [1.54, 1.807) is 26.8 Å². The van der Waals surface area contributed by atoms with E-state index < -0.39 is 22.2 Å². The van der Waals surface area contributed by atoms with Crippen molar-refractivity contribution in [2.45, 2.75) is 59.1 Å². The van der Waals surface area contributed by atoms with Crippen molar-refractivity contribution in [3.63, 3.8) is 0 Å². The molecule has 0 aromatic heterocycles. The fraction of sp³-hybridized carbons (Fsp3) is 0.588. The highest BCUT2D eigenvalue weighted by Crippen LogP contribution is 2.25. The number of amides is 1. The molecular formula is C17H27N3O4. The quantitative estimate of drug-likeness (QED) is 0.604. The Labute approximate surface area is 142 Å². The number of nitro groups is 1. The third-order valence-corrected chi connectivity index (χ3v) is 3.25. The predicted molar refractivity (Wildman–Crippen MR) is 94.4 cm³/mol. The number of carbonyl (C=O) groups is 1. The molecule has 0 bridgehead atoms. The number of nitro benzene ring substituents is 1. The molecule has 0 fully saturated rings. The van der Waals surface area contributed by atoms with E-state index in [4.69, 9.17) is 4.74 Å². The Bertz CT molecular complexity index is 606. The zero-order chi connectivity index (χ0) is 18.5. The summed E-state index contributed by atoms with van der Waals surface area (Å²) in [6.45, 7) is 11.5. The molecule has 1 aromatic carbocycles. The van der Waals surface area contributed by atoms with Gasteiger partial charge in [0.15, 0.2) is 0 Å². The summed E-state index contributed by atoms with van der Waals surface area (Å²) in [5.41, 5.74) is 0.293. The maximum absolute atomic E-state index is 11.8. The molecule has 0 aliphatic carbocycles. The molecule has 0 spiro atoms. The molecule has 0 heterocycles. The van der Waals surface area contributed by atoms with Crippen LogP contribution >= 0.6 is 0 Å². The Morgan fingerprint density at radius 2 is 1.88 bits per heavy atom. The van der Waals surface area contributed by atoms with E-state index in [1.807, 2.05) is 26.8 Å². The Kier molecular flexibility index (Phi) is 6.17. The first-order valence-electron chi connectivity index (χ1n) is 7.90. The Hall–Kier alpha value is -2.31. The van der Waals surface area contributed by atoms with Crippen LogP contribution in [0.25, 0.3) is 0 Å². The van der Waals surface area contributed by atoms with Gasteiger partial charge >= 0.3 is 6.09 Å². The predicted octanol–water partition coefficient (Wildman–Crippen LogP) is 4.01. The number of hydrogen-bond acceptors (Lipinski definition) is 5. The van der Waals surface area contributed by atoms with Crippen LogP contribution in [0.1, 0.15) is 46.6 Å². The zero-order valence-electron chi connectivity index (χ0n) is 15.2. The molecule has 1 amide bonds. The number of nitrogens with zero attached hydrogens (tertiary/aromatic N) is 1. The summed E-state index contributed by atoms with van der Waals surface area (Å²) < 4.78 is 5.24. The molecule has 7 heteroatoms. The van der Waals surface area contributed by atoms with Gasteiger partial charge < -0.3 is 15.4 Å². The number of alkyl carbamates (subject to hydrolysis) is 1. The van der Waals surface area contributed by atoms with Gasteiger partial charge in [0.25, 0.3) is 5.69 Å². The summed E-state index contributed by atoms with van der Waals surface area (Å²) in [6, 6.07) is 5.05. The van der Waals surface area contributed by atoms with Gasteiger partial charge in [-0.05, 0) is 59.6 Å². The van der Waals surface area contributed by atoms with Crippen molar-refractivity contribution >= 4 is 17.5 Å². The lowest BCUT2D eigenvalue weighted by Gasteiger charge is -2.28. The maximum atomic E-state index is 11.8. The summed E-state index contributed by atoms with van der Waals surface area (Å²) in [5.74, 6) is 0. The van der Waals surface area contributed by atoms with Gasteiger partial charge in [0, 0.05) is 18.2 Å². The standard InChI is InChI=1S/C17H27N3O4/c1-12-7-8-13(14(11-12)20(22)23)18-10-9-17(5,6)19-15(21)24-16(2,3)4/h7-8,11,18H,9-10H2,1-6H3,(H,19,21). The van der Waals surface area contributed by atoms with Crippen LogP contribution in [0.3, 0.4) is 0 Å². The van der Waals surface area contributed by atoms with Crippen LogP contribution < -0.4 is 10.6 Å². The van der Waals surface area contributed by atoms with E-state index in [2.05, 4.69) is 10.6 Å². The van der Waals surface area contributed by atoms with E-state index >= 15 is 0 Å². The van der Waals surface area contributed by atoms with Crippen LogP contribution in [0.4, 0.5) is 16.2 Å². The Balaban J connectivity index is 2.60. The molecule has 0 aliphatic rings. The third-order valence-electron chi connectivity index (χ3n) is 3.25. The van der Waals surface area contributed by atoms with Gasteiger partial charge in [-0.2, -0.15) is 0 Å². The van der Waals surface area contributed by atoms with Gasteiger partial charge in [-0.15, -0.1) is 0 Å². The van der Waals surface area contributed by atoms with Crippen LogP contribution in [0, 0.1) is 17.0 Å². The van der Waals surface area contributed by atoms with E-state index in [0.29, 0.717) is 18.7 Å². The number of carbonyl (C=O) groups excluding carboxylic acids is 1. The van der Waals surface area contributed by atoms with Crippen LogP contribution in [-0.2, 0) is 4.74 Å². The van der Waals surface area contributed by atoms with E-state index in [9.17, 15) is 14.9 Å². The van der Waals surface area contributed by atoms with Crippen molar-refractivity contribution in [3.8, 4) is 0 Å². The highest BCUT2D eigenvalue weighted by molar-refractivity contribution is 5.68. The van der Waals surface area contributed by atoms with E-state index in [0.717, 1.165) is 5.56 Å². The number of rotatable bonds is 6. The zero-order valence-corrected chi connectivity index (χ0v) is 15.2. The minimum Gasteiger partial charge on any atom is -0.444 e. The summed E-state index contributed by atoms with van der Waals surface area (Å²) in [5, 5.41) is 17.0. The second kappa shape index (κ2) is 7.51. The van der Waals surface area contributed by atoms with Gasteiger partial charge in [-0.25, -0.2) is 4.79 Å². The van der Waals surface area contributed by atoms with Crippen LogP contribution in [0.15, 0.2) is 18.2 Å². The lowest BCUT2D eigenvalue weighted by Crippen LogP contribution is -2.46. The highest BCUT2D eigenvalue weighted by atomic mass is 16.6. The lowest BCUT2D eigenvalue weighted by molar-refractivity contribution is -0.384. The van der Waals surface area contributed by atoms with Gasteiger partial charge in [-0.1, -0.05) is 6.07 Å². The van der Waals surface area contributed by atoms with Crippen LogP contribution in [0.5, 0.6) is 0 Å². The van der Waals surface area contributed by atoms with Crippen molar-refractivity contribution in [2.75, 3.05) is 11.9 Å². The van der Waals surface area contributed by atoms with Crippen molar-refractivity contribution in [1.82, 2.24) is 5.32 Å². The number of nitrogens with one attached hydrogen (secondary N) is 2. The Morgan fingerprint density at radius 1 is 1.25 bits per heavy atom. The molecule has 0 radical (unpaired) electrons. The van der Waals surface area contributed by atoms with Crippen molar-refractivity contribution in [2.24, 2.45) is 0 Å². The van der Waals surface area contributed by atoms with Crippen molar-refractivity contribution in [1.29, 1.82) is 0 Å². The average molecular weight is 337 g/mol. The molecule has 0 atom stereocenters. The smallest absolute Gasteiger partial charge is 0.408 e. The summed E-state index contributed by atoms with van der Waals surface area (Å²) in [4.78, 5) is 22.5. The summed E-state index contributed by atoms with van der Waals surface area (Å²) in [7, 11) is 0. The topological polar surface area (TPSA) is 93.5 Å². The maximum Gasteiger partial charge on any atom is 0.408 e. The first kappa shape index (κ1) is 19.7. The fourth-order valence-electron chi connectivity index (χ4n) is 2.09. The average Bonchev–Trinajstić information content (AvgIpc) is 2.36. The number of hydrogen-bond donors (Lipinski definition) is 2. The SMILES string of the molecule is Cc1ccc(NCCC(C)(C)NC(=O)OC(C)(C)C)c([N+](=O)[O-])c1. The van der Waals surface area contributed by atoms with Gasteiger partial charge in [0.1, 0.15) is 11.3 Å². The molecule has 0 aliphatic heterocycles. The second-order valence-electron chi connectivity index (χ2n) is 7.47. The monoisotopic (exact) mass is 337 g/mol. The molecular weight excluding hydrogens is 310 g/mol. The molecule has 1 aromatic rings. The normalized spacial score (nSPS) is 11.8. The first-order valence-corrected chi connectivity index (χ1v) is 7.90. The molecule has 7 nitrogen and oxygen atoms in total. The summed E-state index contributed by atoms with van der Waals surface area (Å²) in [6.07, 6.45) is 0.103. The largest absolute Gasteiger partial charge is 0.444 e. The molecule has 0 unspecified atom stereocenters. The second-order valence-corrected chi connectivity index (χ2v) is 7.47. The number of aryl methyl sites for hydroxylation is 1. The van der Waals surface area contributed by atoms with Gasteiger partial charge in [-0.3, -0.25) is 10.1 Å². The third kappa shape index (κ3) is 6.85. The van der Waals surface area contributed by atoms with Crippen LogP contribution in [-0.4, -0.2) is 28.7 Å². The highest BCUT2D eigenvalue weighted by Gasteiger charge is 2.24. The summed E-state index contributed by atoms with van der Waals surface area (Å²) >= 11 is 0. The molecule has 1 rings (SSSR count). The first-order chi connectivity index (χ1) is 10.9. The number of anilines is 1. The molecule has 0 saturated carbocycles. The minimum absolute atomic E-state index is 0.0490. The minimum atomic E-state index is -0.555. The number of benzene rings is 1. The Morgan fingerprint density at radius 3 is 2.42 bits per heavy atom. The lowest BCUT2D eigenvalue weighted by atomic mass is 10.0. The number of ether oxygens (including phenoxy) is 1. The van der Waals surface area contributed by atoms with Crippen molar-refractivity contribution in [3.05, 3.63) is 33.9 Å². The molecule has 134 valence electrons.